The molecule has 2 fully saturated rings. The molecule has 5 rings (SSSR count). The molecule has 1 N–H and O–H groups in total. The maximum Gasteiger partial charge on any atom is 0.260 e. The second kappa shape index (κ2) is 9.47. The summed E-state index contributed by atoms with van der Waals surface area (Å²) in [6.45, 7) is 13.9. The van der Waals surface area contributed by atoms with Gasteiger partial charge in [0.05, 0.1) is 37.1 Å². The molecule has 0 unspecified atom stereocenters. The summed E-state index contributed by atoms with van der Waals surface area (Å²) < 4.78 is 26.5. The number of hydrogen-bond acceptors (Lipinski definition) is 7. The van der Waals surface area contributed by atoms with Crippen molar-refractivity contribution in [3.63, 3.8) is 0 Å². The third-order valence-corrected chi connectivity index (χ3v) is 6.62. The predicted molar refractivity (Wildman–Crippen MR) is 128 cm³/mol. The third-order valence-electron chi connectivity index (χ3n) is 6.62. The van der Waals surface area contributed by atoms with Crippen molar-refractivity contribution in [1.29, 1.82) is 0 Å². The molecule has 1 aromatic carbocycles. The Bertz CT molecular complexity index is 1270. The minimum Gasteiger partial charge on any atom is -0.507 e. The van der Waals surface area contributed by atoms with Crippen LogP contribution in [0.2, 0.25) is 0 Å². The first-order valence-electron chi connectivity index (χ1n) is 11.6. The van der Waals surface area contributed by atoms with Crippen LogP contribution < -0.4 is 9.64 Å². The molecule has 1 aromatic heterocycles. The number of fused-ring (bicyclic) bond motifs is 2. The number of carbonyl (C=O) groups excluding carboxylic acids is 2. The second-order valence-corrected chi connectivity index (χ2v) is 8.63. The van der Waals surface area contributed by atoms with Gasteiger partial charge >= 0.3 is 0 Å². The van der Waals surface area contributed by atoms with Gasteiger partial charge in [-0.05, 0) is 18.2 Å². The molecule has 10 nitrogen and oxygen atoms in total. The summed E-state index contributed by atoms with van der Waals surface area (Å²) in [5.41, 5.74) is -0.373. The fraction of sp³-hybridized carbons (Fsp3) is 0.360. The van der Waals surface area contributed by atoms with E-state index < -0.39 is 11.9 Å². The Morgan fingerprint density at radius 2 is 2.03 bits per heavy atom. The molecule has 3 aliphatic rings. The van der Waals surface area contributed by atoms with E-state index in [1.807, 2.05) is 4.90 Å². The van der Waals surface area contributed by atoms with Crippen LogP contribution in [0.5, 0.6) is 11.5 Å². The van der Waals surface area contributed by atoms with Crippen LogP contribution in [-0.2, 0) is 9.53 Å². The van der Waals surface area contributed by atoms with E-state index in [0.29, 0.717) is 32.8 Å². The number of carbonyl (C=O) groups is 2. The fourth-order valence-electron chi connectivity index (χ4n) is 4.82. The van der Waals surface area contributed by atoms with Gasteiger partial charge < -0.3 is 29.3 Å². The predicted octanol–water partition coefficient (Wildman–Crippen LogP) is 2.21. The maximum atomic E-state index is 14.9. The van der Waals surface area contributed by atoms with Crippen molar-refractivity contribution in [2.24, 2.45) is 0 Å². The molecule has 1 atom stereocenters. The van der Waals surface area contributed by atoms with Crippen molar-refractivity contribution in [1.82, 2.24) is 14.8 Å². The van der Waals surface area contributed by atoms with Crippen molar-refractivity contribution >= 4 is 23.3 Å². The number of piperazine rings is 1. The molecule has 36 heavy (non-hydrogen) atoms. The van der Waals surface area contributed by atoms with Crippen molar-refractivity contribution in [3.05, 3.63) is 53.7 Å². The Kier molecular flexibility index (Phi) is 6.20. The zero-order valence-electron chi connectivity index (χ0n) is 19.4. The quantitative estimate of drug-likeness (QED) is 0.517. The molecule has 4 heterocycles. The highest BCUT2D eigenvalue weighted by Gasteiger charge is 2.41. The maximum absolute atomic E-state index is 14.9. The van der Waals surface area contributed by atoms with Crippen LogP contribution in [-0.4, -0.2) is 90.3 Å². The number of rotatable bonds is 3. The van der Waals surface area contributed by atoms with Crippen LogP contribution in [0.25, 0.3) is 16.1 Å². The van der Waals surface area contributed by atoms with Crippen LogP contribution in [0, 0.1) is 12.4 Å². The molecule has 2 saturated heterocycles. The lowest BCUT2D eigenvalue weighted by Crippen LogP contribution is -2.57. The zero-order valence-corrected chi connectivity index (χ0v) is 19.4. The summed E-state index contributed by atoms with van der Waals surface area (Å²) >= 11 is 0. The number of phenols is 1. The van der Waals surface area contributed by atoms with Crippen molar-refractivity contribution in [2.45, 2.75) is 6.04 Å². The number of halogens is 1. The van der Waals surface area contributed by atoms with Gasteiger partial charge in [0.1, 0.15) is 35.3 Å². The van der Waals surface area contributed by atoms with Gasteiger partial charge in [0.2, 0.25) is 5.91 Å². The summed E-state index contributed by atoms with van der Waals surface area (Å²) in [4.78, 5) is 39.4. The number of anilines is 1. The second-order valence-electron chi connectivity index (χ2n) is 8.63. The van der Waals surface area contributed by atoms with Gasteiger partial charge in [-0.3, -0.25) is 9.59 Å². The first-order valence-corrected chi connectivity index (χ1v) is 11.6. The molecular weight excluding hydrogens is 469 g/mol. The van der Waals surface area contributed by atoms with Crippen molar-refractivity contribution < 1.29 is 28.6 Å². The van der Waals surface area contributed by atoms with E-state index in [0.717, 1.165) is 0 Å². The van der Waals surface area contributed by atoms with Gasteiger partial charge in [0.15, 0.2) is 0 Å². The van der Waals surface area contributed by atoms with Crippen LogP contribution >= 0.6 is 0 Å². The molecule has 0 aliphatic carbocycles. The lowest BCUT2D eigenvalue weighted by Gasteiger charge is -2.39. The number of morpholine rings is 1. The number of phenolic OH excluding ortho intramolecular Hbond substituents is 1. The van der Waals surface area contributed by atoms with Gasteiger partial charge in [-0.15, -0.1) is 0 Å². The SMILES string of the molecule is [C-]#[N+]c1c(-c2c(O)cccc2F)nc(N2CCOCC2)c2c1OC[C@H]1CN(C(=O)C=C)CCN1C2=O. The largest absolute Gasteiger partial charge is 0.507 e. The number of aromatic nitrogens is 1. The normalized spacial score (nSPS) is 19.5. The highest BCUT2D eigenvalue weighted by atomic mass is 19.1. The number of pyridine rings is 1. The van der Waals surface area contributed by atoms with Gasteiger partial charge in [-0.1, -0.05) is 12.6 Å². The fourth-order valence-corrected chi connectivity index (χ4v) is 4.82. The van der Waals surface area contributed by atoms with E-state index in [1.165, 1.54) is 24.3 Å². The highest BCUT2D eigenvalue weighted by Crippen LogP contribution is 2.48. The van der Waals surface area contributed by atoms with Crippen LogP contribution in [0.15, 0.2) is 30.9 Å². The number of aromatic hydroxyl groups is 1. The van der Waals surface area contributed by atoms with Crippen LogP contribution in [0.4, 0.5) is 15.9 Å². The van der Waals surface area contributed by atoms with Crippen LogP contribution in [0.3, 0.4) is 0 Å². The number of ether oxygens (including phenoxy) is 2. The number of nitrogens with zero attached hydrogens (tertiary/aromatic N) is 5. The Labute approximate surface area is 207 Å². The van der Waals surface area contributed by atoms with Crippen molar-refractivity contribution in [3.8, 4) is 22.8 Å². The van der Waals surface area contributed by atoms with Gasteiger partial charge in [0, 0.05) is 32.7 Å². The third kappa shape index (κ3) is 3.89. The topological polar surface area (TPSA) is 99.8 Å². The van der Waals surface area contributed by atoms with E-state index in [4.69, 9.17) is 16.0 Å². The minimum absolute atomic E-state index is 0.000132. The summed E-state index contributed by atoms with van der Waals surface area (Å²) in [5, 5.41) is 10.5. The highest BCUT2D eigenvalue weighted by molar-refractivity contribution is 6.06. The molecule has 0 bridgehead atoms. The first-order chi connectivity index (χ1) is 17.4. The monoisotopic (exact) mass is 493 g/mol. The average molecular weight is 493 g/mol. The lowest BCUT2D eigenvalue weighted by molar-refractivity contribution is -0.128. The zero-order chi connectivity index (χ0) is 25.4. The molecule has 0 saturated carbocycles. The molecule has 2 aromatic rings. The van der Waals surface area contributed by atoms with E-state index in [-0.39, 0.29) is 71.3 Å². The van der Waals surface area contributed by atoms with Gasteiger partial charge in [-0.2, -0.15) is 0 Å². The minimum atomic E-state index is -0.753. The summed E-state index contributed by atoms with van der Waals surface area (Å²) in [7, 11) is 0. The Balaban J connectivity index is 1.69. The summed E-state index contributed by atoms with van der Waals surface area (Å²) in [5.74, 6) is -1.50. The summed E-state index contributed by atoms with van der Waals surface area (Å²) in [6, 6.07) is 3.38. The molecule has 3 aliphatic heterocycles. The summed E-state index contributed by atoms with van der Waals surface area (Å²) in [6.07, 6.45) is 1.23. The Morgan fingerprint density at radius 3 is 2.72 bits per heavy atom. The Hall–Kier alpha value is -4.17. The smallest absolute Gasteiger partial charge is 0.260 e. The van der Waals surface area contributed by atoms with E-state index in [9.17, 15) is 19.1 Å². The number of benzene rings is 1. The molecule has 2 amide bonds. The molecule has 11 heteroatoms. The molecule has 0 radical (unpaired) electrons. The lowest BCUT2D eigenvalue weighted by atomic mass is 10.0. The van der Waals surface area contributed by atoms with E-state index in [1.54, 1.807) is 9.80 Å². The standard InChI is InChI=1S/C25H24FN5O5/c1-3-18(33)30-7-8-31-15(13-30)14-36-23-20(25(31)34)24(29-9-11-35-12-10-29)28-21(22(23)27-2)19-16(26)5-4-6-17(19)32/h3-6,15,32H,1,7-14H2/t15-/m1/s1. The number of amides is 2. The molecular formula is C25H24FN5O5. The number of hydrogen-bond donors (Lipinski definition) is 1. The average Bonchev–Trinajstić information content (AvgIpc) is 3.04. The van der Waals surface area contributed by atoms with Gasteiger partial charge in [-0.25, -0.2) is 14.2 Å². The van der Waals surface area contributed by atoms with Gasteiger partial charge in [0.25, 0.3) is 11.6 Å². The first kappa shape index (κ1) is 23.6. The molecule has 186 valence electrons. The molecule has 0 spiro atoms. The van der Waals surface area contributed by atoms with E-state index >= 15 is 0 Å². The van der Waals surface area contributed by atoms with Crippen molar-refractivity contribution in [2.75, 3.05) is 57.4 Å². The van der Waals surface area contributed by atoms with E-state index in [2.05, 4.69) is 16.4 Å². The van der Waals surface area contributed by atoms with Crippen LogP contribution in [0.1, 0.15) is 10.4 Å². The Morgan fingerprint density at radius 1 is 1.25 bits per heavy atom.